The van der Waals surface area contributed by atoms with Gasteiger partial charge in [0.05, 0.1) is 0 Å². The van der Waals surface area contributed by atoms with Gasteiger partial charge in [-0.15, -0.1) is 0 Å². The molecular weight excluding hydrogens is 218 g/mol. The van der Waals surface area contributed by atoms with Gasteiger partial charge in [-0.2, -0.15) is 0 Å². The molecule has 0 aliphatic carbocycles. The highest BCUT2D eigenvalue weighted by Crippen LogP contribution is 2.21. The molecule has 1 aromatic carbocycles. The zero-order valence-electron chi connectivity index (χ0n) is 10.6. The molecule has 0 amide bonds. The summed E-state index contributed by atoms with van der Waals surface area (Å²) in [6.45, 7) is 8.56. The lowest BCUT2D eigenvalue weighted by atomic mass is 10.0. The molecule has 1 nitrogen and oxygen atoms in total. The van der Waals surface area contributed by atoms with Crippen LogP contribution in [0.1, 0.15) is 36.5 Å². The van der Waals surface area contributed by atoms with Crippen LogP contribution < -0.4 is 5.32 Å². The van der Waals surface area contributed by atoms with Crippen molar-refractivity contribution < 1.29 is 0 Å². The summed E-state index contributed by atoms with van der Waals surface area (Å²) in [5.74, 6) is 0. The highest BCUT2D eigenvalue weighted by Gasteiger charge is 2.02. The van der Waals surface area contributed by atoms with E-state index in [1.54, 1.807) is 0 Å². The molecule has 0 aliphatic heterocycles. The van der Waals surface area contributed by atoms with Gasteiger partial charge in [-0.1, -0.05) is 24.6 Å². The van der Waals surface area contributed by atoms with Crippen LogP contribution in [0.4, 0.5) is 0 Å². The lowest BCUT2D eigenvalue weighted by Crippen LogP contribution is -2.14. The smallest absolute Gasteiger partial charge is 0.0438 e. The zero-order valence-corrected chi connectivity index (χ0v) is 11.3. The molecule has 0 heterocycles. The van der Waals surface area contributed by atoms with E-state index in [9.17, 15) is 0 Å². The number of benzene rings is 1. The molecule has 1 rings (SSSR count). The summed E-state index contributed by atoms with van der Waals surface area (Å²) in [6, 6.07) is 4.31. The molecule has 90 valence electrons. The molecule has 0 saturated heterocycles. The summed E-state index contributed by atoms with van der Waals surface area (Å²) in [4.78, 5) is 0. The van der Waals surface area contributed by atoms with E-state index in [0.29, 0.717) is 0 Å². The number of hydrogen-bond acceptors (Lipinski definition) is 1. The highest BCUT2D eigenvalue weighted by molar-refractivity contribution is 6.31. The number of aryl methyl sites for hydroxylation is 3. The maximum Gasteiger partial charge on any atom is 0.0438 e. The van der Waals surface area contributed by atoms with Gasteiger partial charge in [0.25, 0.3) is 0 Å². The van der Waals surface area contributed by atoms with Gasteiger partial charge in [0.1, 0.15) is 0 Å². The van der Waals surface area contributed by atoms with Crippen LogP contribution in [0.5, 0.6) is 0 Å². The summed E-state index contributed by atoms with van der Waals surface area (Å²) < 4.78 is 0. The van der Waals surface area contributed by atoms with Crippen molar-refractivity contribution in [1.29, 1.82) is 0 Å². The third-order valence-electron chi connectivity index (χ3n) is 2.92. The molecule has 0 atom stereocenters. The van der Waals surface area contributed by atoms with E-state index in [0.717, 1.165) is 24.5 Å². The second kappa shape index (κ2) is 6.93. The van der Waals surface area contributed by atoms with Crippen LogP contribution in [0, 0.1) is 13.8 Å². The van der Waals surface area contributed by atoms with E-state index in [1.165, 1.54) is 29.5 Å². The van der Waals surface area contributed by atoms with Crippen LogP contribution in [-0.4, -0.2) is 13.1 Å². The molecule has 2 heteroatoms. The van der Waals surface area contributed by atoms with Crippen molar-refractivity contribution in [3.8, 4) is 0 Å². The Morgan fingerprint density at radius 3 is 2.56 bits per heavy atom. The average Bonchev–Trinajstić information content (AvgIpc) is 2.25. The van der Waals surface area contributed by atoms with Crippen molar-refractivity contribution >= 4 is 11.6 Å². The molecule has 0 bridgehead atoms. The Bertz CT molecular complexity index is 334. The third kappa shape index (κ3) is 4.15. The second-order valence-electron chi connectivity index (χ2n) is 4.34. The Kier molecular flexibility index (Phi) is 5.86. The van der Waals surface area contributed by atoms with Crippen LogP contribution in [0.15, 0.2) is 12.1 Å². The maximum absolute atomic E-state index is 6.08. The molecule has 0 unspecified atom stereocenters. The van der Waals surface area contributed by atoms with Gasteiger partial charge >= 0.3 is 0 Å². The number of halogens is 1. The molecule has 0 aromatic heterocycles. The third-order valence-corrected chi connectivity index (χ3v) is 3.32. The van der Waals surface area contributed by atoms with Gasteiger partial charge in [0.15, 0.2) is 0 Å². The summed E-state index contributed by atoms with van der Waals surface area (Å²) in [5, 5.41) is 4.23. The predicted octanol–water partition coefficient (Wildman–Crippen LogP) is 3.89. The molecule has 0 fully saturated rings. The maximum atomic E-state index is 6.08. The monoisotopic (exact) mass is 239 g/mol. The van der Waals surface area contributed by atoms with Gasteiger partial charge in [-0.3, -0.25) is 0 Å². The van der Waals surface area contributed by atoms with Crippen LogP contribution in [-0.2, 0) is 6.42 Å². The fourth-order valence-corrected chi connectivity index (χ4v) is 2.07. The van der Waals surface area contributed by atoms with Gasteiger partial charge in [0, 0.05) is 5.02 Å². The Morgan fingerprint density at radius 1 is 1.12 bits per heavy atom. The Morgan fingerprint density at radius 2 is 1.88 bits per heavy atom. The molecule has 0 aliphatic rings. The first-order valence-corrected chi connectivity index (χ1v) is 6.49. The topological polar surface area (TPSA) is 12.0 Å². The first kappa shape index (κ1) is 13.5. The van der Waals surface area contributed by atoms with Crippen molar-refractivity contribution in [2.45, 2.75) is 40.0 Å². The molecule has 0 radical (unpaired) electrons. The van der Waals surface area contributed by atoms with Crippen molar-refractivity contribution in [2.24, 2.45) is 0 Å². The second-order valence-corrected chi connectivity index (χ2v) is 4.75. The molecule has 0 saturated carbocycles. The van der Waals surface area contributed by atoms with E-state index < -0.39 is 0 Å². The summed E-state index contributed by atoms with van der Waals surface area (Å²) in [6.07, 6.45) is 3.65. The van der Waals surface area contributed by atoms with E-state index in [1.807, 2.05) is 0 Å². The quantitative estimate of drug-likeness (QED) is 0.743. The van der Waals surface area contributed by atoms with Crippen molar-refractivity contribution in [3.63, 3.8) is 0 Å². The van der Waals surface area contributed by atoms with E-state index in [4.69, 9.17) is 11.6 Å². The number of rotatable bonds is 6. The van der Waals surface area contributed by atoms with Crippen LogP contribution in [0.2, 0.25) is 5.02 Å². The normalized spacial score (nSPS) is 10.8. The van der Waals surface area contributed by atoms with Gasteiger partial charge in [-0.05, 0) is 69.0 Å². The zero-order chi connectivity index (χ0) is 12.0. The standard InChI is InChI=1S/C14H22ClN/c1-4-16-8-6-5-7-13-9-12(3)14(15)10-11(13)2/h9-10,16H,4-8H2,1-3H3. The molecule has 0 spiro atoms. The lowest BCUT2D eigenvalue weighted by Gasteiger charge is -2.09. The van der Waals surface area contributed by atoms with E-state index in [-0.39, 0.29) is 0 Å². The first-order valence-electron chi connectivity index (χ1n) is 6.11. The van der Waals surface area contributed by atoms with Crippen LogP contribution in [0.25, 0.3) is 0 Å². The molecule has 1 aromatic rings. The van der Waals surface area contributed by atoms with Gasteiger partial charge in [0.2, 0.25) is 0 Å². The largest absolute Gasteiger partial charge is 0.317 e. The van der Waals surface area contributed by atoms with Crippen molar-refractivity contribution in [3.05, 3.63) is 33.8 Å². The summed E-state index contributed by atoms with van der Waals surface area (Å²) in [5.41, 5.74) is 3.95. The summed E-state index contributed by atoms with van der Waals surface area (Å²) in [7, 11) is 0. The fourth-order valence-electron chi connectivity index (χ4n) is 1.85. The number of nitrogens with one attached hydrogen (secondary N) is 1. The van der Waals surface area contributed by atoms with Crippen molar-refractivity contribution in [2.75, 3.05) is 13.1 Å². The molecule has 16 heavy (non-hydrogen) atoms. The molecular formula is C14H22ClN. The van der Waals surface area contributed by atoms with Crippen molar-refractivity contribution in [1.82, 2.24) is 5.32 Å². The minimum atomic E-state index is 0.883. The van der Waals surface area contributed by atoms with Gasteiger partial charge in [-0.25, -0.2) is 0 Å². The molecule has 1 N–H and O–H groups in total. The Hall–Kier alpha value is -0.530. The predicted molar refractivity (Wildman–Crippen MR) is 72.4 cm³/mol. The lowest BCUT2D eigenvalue weighted by molar-refractivity contribution is 0.640. The highest BCUT2D eigenvalue weighted by atomic mass is 35.5. The summed E-state index contributed by atoms with van der Waals surface area (Å²) >= 11 is 6.08. The van der Waals surface area contributed by atoms with E-state index in [2.05, 4.69) is 38.2 Å². The Balaban J connectivity index is 2.45. The van der Waals surface area contributed by atoms with Crippen LogP contribution >= 0.6 is 11.6 Å². The Labute approximate surface area is 104 Å². The minimum Gasteiger partial charge on any atom is -0.317 e. The van der Waals surface area contributed by atoms with Gasteiger partial charge < -0.3 is 5.32 Å². The fraction of sp³-hybridized carbons (Fsp3) is 0.571. The number of unbranched alkanes of at least 4 members (excludes halogenated alkanes) is 1. The average molecular weight is 240 g/mol. The SMILES string of the molecule is CCNCCCCc1cc(C)c(Cl)cc1C. The van der Waals surface area contributed by atoms with E-state index >= 15 is 0 Å². The minimum absolute atomic E-state index is 0.883. The van der Waals surface area contributed by atoms with Crippen LogP contribution in [0.3, 0.4) is 0 Å². The first-order chi connectivity index (χ1) is 7.65. The number of hydrogen-bond donors (Lipinski definition) is 1.